The number of sulfone groups is 1. The van der Waals surface area contributed by atoms with Crippen molar-refractivity contribution in [2.45, 2.75) is 18.8 Å². The molecular formula is C8H11N3O4S. The van der Waals surface area contributed by atoms with Gasteiger partial charge in [-0.05, 0) is 12.8 Å². The normalized spacial score (nSPS) is 20.8. The summed E-state index contributed by atoms with van der Waals surface area (Å²) in [4.78, 5) is 14.4. The van der Waals surface area contributed by atoms with E-state index in [-0.39, 0.29) is 23.2 Å². The number of H-pyrrole nitrogens is 1. The number of aromatic nitrogens is 3. The van der Waals surface area contributed by atoms with Gasteiger partial charge in [0.15, 0.2) is 0 Å². The number of carbonyl (C=O) groups is 1. The Morgan fingerprint density at radius 1 is 1.38 bits per heavy atom. The second kappa shape index (κ2) is 3.85. The summed E-state index contributed by atoms with van der Waals surface area (Å²) >= 11 is 0. The van der Waals surface area contributed by atoms with Gasteiger partial charge >= 0.3 is 5.97 Å². The summed E-state index contributed by atoms with van der Waals surface area (Å²) in [6, 6.07) is 0. The molecule has 0 bridgehead atoms. The maximum atomic E-state index is 11.2. The number of nitrogens with one attached hydrogen (secondary N) is 1. The van der Waals surface area contributed by atoms with Gasteiger partial charge in [-0.1, -0.05) is 0 Å². The maximum Gasteiger partial charge on any atom is 0.375 e. The van der Waals surface area contributed by atoms with Crippen LogP contribution >= 0.6 is 0 Å². The Bertz CT molecular complexity index is 493. The van der Waals surface area contributed by atoms with E-state index in [4.69, 9.17) is 5.11 Å². The Kier molecular flexibility index (Phi) is 2.66. The first-order chi connectivity index (χ1) is 7.48. The Hall–Kier alpha value is -1.44. The highest BCUT2D eigenvalue weighted by Gasteiger charge is 2.27. The maximum absolute atomic E-state index is 11.2. The molecule has 1 fully saturated rings. The van der Waals surface area contributed by atoms with E-state index < -0.39 is 15.8 Å². The molecule has 1 saturated heterocycles. The number of carboxylic acids is 1. The highest BCUT2D eigenvalue weighted by atomic mass is 32.2. The summed E-state index contributed by atoms with van der Waals surface area (Å²) in [5.41, 5.74) is 0. The molecule has 0 amide bonds. The van der Waals surface area contributed by atoms with Crippen LogP contribution < -0.4 is 0 Å². The molecule has 0 atom stereocenters. The van der Waals surface area contributed by atoms with E-state index in [9.17, 15) is 13.2 Å². The average molecular weight is 245 g/mol. The molecule has 0 saturated carbocycles. The number of hydrogen-bond acceptors (Lipinski definition) is 5. The number of rotatable bonds is 2. The largest absolute Gasteiger partial charge is 0.475 e. The van der Waals surface area contributed by atoms with Crippen LogP contribution in [0.3, 0.4) is 0 Å². The number of aromatic amines is 1. The lowest BCUT2D eigenvalue weighted by Crippen LogP contribution is -2.22. The molecule has 0 spiro atoms. The van der Waals surface area contributed by atoms with Gasteiger partial charge in [0, 0.05) is 5.92 Å². The lowest BCUT2D eigenvalue weighted by molar-refractivity contribution is 0.0684. The third-order valence-corrected chi connectivity index (χ3v) is 4.35. The zero-order chi connectivity index (χ0) is 11.8. The minimum Gasteiger partial charge on any atom is -0.475 e. The summed E-state index contributed by atoms with van der Waals surface area (Å²) in [6.45, 7) is 0. The molecule has 0 aromatic carbocycles. The molecule has 16 heavy (non-hydrogen) atoms. The summed E-state index contributed by atoms with van der Waals surface area (Å²) in [5.74, 6) is -0.785. The van der Waals surface area contributed by atoms with E-state index in [1.54, 1.807) is 0 Å². The highest BCUT2D eigenvalue weighted by Crippen LogP contribution is 2.26. The van der Waals surface area contributed by atoms with Gasteiger partial charge in [0.2, 0.25) is 0 Å². The molecule has 1 aliphatic heterocycles. The van der Waals surface area contributed by atoms with Crippen LogP contribution in [0.2, 0.25) is 0 Å². The molecule has 0 aliphatic carbocycles. The van der Waals surface area contributed by atoms with Gasteiger partial charge in [-0.3, -0.25) is 5.10 Å². The third kappa shape index (κ3) is 2.21. The molecule has 8 heteroatoms. The first-order valence-corrected chi connectivity index (χ1v) is 6.66. The van der Waals surface area contributed by atoms with E-state index in [1.807, 2.05) is 0 Å². The highest BCUT2D eigenvalue weighted by molar-refractivity contribution is 7.91. The molecule has 2 N–H and O–H groups in total. The van der Waals surface area contributed by atoms with Crippen molar-refractivity contribution in [3.8, 4) is 0 Å². The molecule has 1 aliphatic rings. The predicted octanol–water partition coefficient (Wildman–Crippen LogP) is -0.205. The van der Waals surface area contributed by atoms with Crippen LogP contribution in [0, 0.1) is 0 Å². The van der Waals surface area contributed by atoms with Crippen molar-refractivity contribution in [3.05, 3.63) is 11.6 Å². The van der Waals surface area contributed by atoms with Gasteiger partial charge in [-0.15, -0.1) is 5.10 Å². The van der Waals surface area contributed by atoms with Crippen molar-refractivity contribution < 1.29 is 18.3 Å². The summed E-state index contributed by atoms with van der Waals surface area (Å²) in [6.07, 6.45) is 0.938. The SMILES string of the molecule is O=C(O)c1n[nH]c(C2CCS(=O)(=O)CC2)n1. The zero-order valence-corrected chi connectivity index (χ0v) is 9.20. The molecule has 2 rings (SSSR count). The van der Waals surface area contributed by atoms with Crippen molar-refractivity contribution in [1.82, 2.24) is 15.2 Å². The standard InChI is InChI=1S/C8H11N3O4S/c12-8(13)7-9-6(10-11-7)5-1-3-16(14,15)4-2-5/h5H,1-4H2,(H,12,13)(H,9,10,11). The van der Waals surface area contributed by atoms with E-state index in [0.29, 0.717) is 18.7 Å². The topological polar surface area (TPSA) is 113 Å². The quantitative estimate of drug-likeness (QED) is 0.745. The number of carboxylic acid groups (broad SMARTS) is 1. The smallest absolute Gasteiger partial charge is 0.375 e. The second-order valence-corrected chi connectivity index (χ2v) is 6.08. The zero-order valence-electron chi connectivity index (χ0n) is 8.38. The first-order valence-electron chi connectivity index (χ1n) is 4.84. The van der Waals surface area contributed by atoms with Crippen LogP contribution in [0.4, 0.5) is 0 Å². The second-order valence-electron chi connectivity index (χ2n) is 3.78. The number of aromatic carboxylic acids is 1. The van der Waals surface area contributed by atoms with Crippen molar-refractivity contribution in [2.24, 2.45) is 0 Å². The lowest BCUT2D eigenvalue weighted by atomic mass is 10.0. The van der Waals surface area contributed by atoms with Gasteiger partial charge in [0.25, 0.3) is 5.82 Å². The average Bonchev–Trinajstić information content (AvgIpc) is 2.66. The van der Waals surface area contributed by atoms with Gasteiger partial charge < -0.3 is 5.11 Å². The molecule has 1 aromatic heterocycles. The van der Waals surface area contributed by atoms with Gasteiger partial charge in [-0.25, -0.2) is 18.2 Å². The Balaban J connectivity index is 2.11. The van der Waals surface area contributed by atoms with Crippen molar-refractivity contribution in [2.75, 3.05) is 11.5 Å². The molecule has 0 radical (unpaired) electrons. The molecule has 2 heterocycles. The van der Waals surface area contributed by atoms with E-state index >= 15 is 0 Å². The van der Waals surface area contributed by atoms with Crippen molar-refractivity contribution in [1.29, 1.82) is 0 Å². The van der Waals surface area contributed by atoms with Crippen LogP contribution in [0.5, 0.6) is 0 Å². The third-order valence-electron chi connectivity index (χ3n) is 2.64. The monoisotopic (exact) mass is 245 g/mol. The van der Waals surface area contributed by atoms with Crippen LogP contribution in [-0.2, 0) is 9.84 Å². The summed E-state index contributed by atoms with van der Waals surface area (Å²) < 4.78 is 22.4. The summed E-state index contributed by atoms with van der Waals surface area (Å²) in [7, 11) is -2.91. The number of hydrogen-bond donors (Lipinski definition) is 2. The predicted molar refractivity (Wildman–Crippen MR) is 54.0 cm³/mol. The molecular weight excluding hydrogens is 234 g/mol. The fourth-order valence-corrected chi connectivity index (χ4v) is 3.21. The Morgan fingerprint density at radius 2 is 2.00 bits per heavy atom. The Morgan fingerprint density at radius 3 is 2.50 bits per heavy atom. The minimum atomic E-state index is -2.91. The van der Waals surface area contributed by atoms with Crippen LogP contribution in [0.15, 0.2) is 0 Å². The lowest BCUT2D eigenvalue weighted by Gasteiger charge is -2.19. The van der Waals surface area contributed by atoms with E-state index in [1.165, 1.54) is 0 Å². The van der Waals surface area contributed by atoms with Gasteiger partial charge in [-0.2, -0.15) is 0 Å². The first kappa shape index (κ1) is 11.1. The van der Waals surface area contributed by atoms with Crippen LogP contribution in [-0.4, -0.2) is 46.2 Å². The van der Waals surface area contributed by atoms with Gasteiger partial charge in [0.1, 0.15) is 15.7 Å². The van der Waals surface area contributed by atoms with E-state index in [0.717, 1.165) is 0 Å². The van der Waals surface area contributed by atoms with Crippen LogP contribution in [0.25, 0.3) is 0 Å². The molecule has 1 aromatic rings. The number of nitrogens with zero attached hydrogens (tertiary/aromatic N) is 2. The Labute approximate surface area is 91.8 Å². The van der Waals surface area contributed by atoms with Gasteiger partial charge in [0.05, 0.1) is 11.5 Å². The fraction of sp³-hybridized carbons (Fsp3) is 0.625. The van der Waals surface area contributed by atoms with Crippen LogP contribution in [0.1, 0.15) is 35.2 Å². The molecule has 0 unspecified atom stereocenters. The van der Waals surface area contributed by atoms with E-state index in [2.05, 4.69) is 15.2 Å². The molecule has 7 nitrogen and oxygen atoms in total. The van der Waals surface area contributed by atoms with Crippen molar-refractivity contribution >= 4 is 15.8 Å². The van der Waals surface area contributed by atoms with Crippen molar-refractivity contribution in [3.63, 3.8) is 0 Å². The minimum absolute atomic E-state index is 0.0378. The fourth-order valence-electron chi connectivity index (χ4n) is 1.72. The summed E-state index contributed by atoms with van der Waals surface area (Å²) in [5, 5.41) is 14.7. The molecule has 88 valence electrons.